The maximum atomic E-state index is 6.00. The quantitative estimate of drug-likeness (QED) is 0.741. The van der Waals surface area contributed by atoms with Crippen molar-refractivity contribution >= 4 is 40.5 Å². The van der Waals surface area contributed by atoms with Crippen LogP contribution >= 0.6 is 35.4 Å². The highest BCUT2D eigenvalue weighted by molar-refractivity contribution is 7.80. The summed E-state index contributed by atoms with van der Waals surface area (Å²) in [5.74, 6) is 0. The van der Waals surface area contributed by atoms with Crippen molar-refractivity contribution in [2.24, 2.45) is 0 Å². The van der Waals surface area contributed by atoms with Gasteiger partial charge in [-0.05, 0) is 61.3 Å². The van der Waals surface area contributed by atoms with E-state index in [1.807, 2.05) is 12.1 Å². The van der Waals surface area contributed by atoms with Crippen LogP contribution in [0.3, 0.4) is 0 Å². The van der Waals surface area contributed by atoms with Crippen molar-refractivity contribution in [1.82, 2.24) is 10.6 Å². The maximum absolute atomic E-state index is 6.00. The lowest BCUT2D eigenvalue weighted by Crippen LogP contribution is -2.36. The van der Waals surface area contributed by atoms with Crippen LogP contribution in [0.2, 0.25) is 10.0 Å². The van der Waals surface area contributed by atoms with Gasteiger partial charge in [0.05, 0.1) is 10.0 Å². The topological polar surface area (TPSA) is 24.1 Å². The second kappa shape index (κ2) is 8.53. The van der Waals surface area contributed by atoms with Gasteiger partial charge in [0.1, 0.15) is 0 Å². The summed E-state index contributed by atoms with van der Waals surface area (Å²) >= 11 is 17.2. The Kier molecular flexibility index (Phi) is 6.70. The number of benzene rings is 2. The molecular formula is C18H20Cl2N2S. The molecule has 2 nitrogen and oxygen atoms in total. The van der Waals surface area contributed by atoms with Crippen LogP contribution in [0, 0.1) is 13.8 Å². The largest absolute Gasteiger partial charge is 0.362 e. The van der Waals surface area contributed by atoms with Crippen molar-refractivity contribution < 1.29 is 0 Å². The molecule has 2 aromatic rings. The van der Waals surface area contributed by atoms with Gasteiger partial charge in [-0.3, -0.25) is 0 Å². The average Bonchev–Trinajstić information content (AvgIpc) is 2.50. The molecule has 0 aliphatic heterocycles. The third-order valence-electron chi connectivity index (χ3n) is 3.62. The van der Waals surface area contributed by atoms with E-state index in [1.54, 1.807) is 6.07 Å². The molecule has 2 aromatic carbocycles. The first-order valence-electron chi connectivity index (χ1n) is 7.47. The minimum absolute atomic E-state index is 0.555. The Morgan fingerprint density at radius 3 is 2.48 bits per heavy atom. The fourth-order valence-electron chi connectivity index (χ4n) is 2.33. The molecule has 0 atom stereocenters. The molecule has 2 rings (SSSR count). The number of nitrogens with one attached hydrogen (secondary N) is 2. The monoisotopic (exact) mass is 366 g/mol. The number of halogens is 2. The van der Waals surface area contributed by atoms with Crippen LogP contribution in [0.1, 0.15) is 22.3 Å². The summed E-state index contributed by atoms with van der Waals surface area (Å²) in [5, 5.41) is 8.16. The molecule has 0 unspecified atom stereocenters. The van der Waals surface area contributed by atoms with Gasteiger partial charge in [0.2, 0.25) is 0 Å². The third kappa shape index (κ3) is 5.69. The van der Waals surface area contributed by atoms with E-state index < -0.39 is 0 Å². The zero-order chi connectivity index (χ0) is 16.8. The summed E-state index contributed by atoms with van der Waals surface area (Å²) in [6.45, 7) is 5.67. The normalized spacial score (nSPS) is 10.4. The smallest absolute Gasteiger partial charge is 0.166 e. The molecule has 0 aliphatic rings. The highest BCUT2D eigenvalue weighted by Gasteiger charge is 2.02. The van der Waals surface area contributed by atoms with Crippen LogP contribution in [-0.2, 0) is 13.0 Å². The minimum Gasteiger partial charge on any atom is -0.362 e. The second-order valence-electron chi connectivity index (χ2n) is 5.54. The maximum Gasteiger partial charge on any atom is 0.166 e. The summed E-state index contributed by atoms with van der Waals surface area (Å²) < 4.78 is 0. The number of thiocarbonyl (C=S) groups is 1. The van der Waals surface area contributed by atoms with E-state index in [4.69, 9.17) is 35.4 Å². The molecule has 0 saturated carbocycles. The van der Waals surface area contributed by atoms with E-state index in [0.29, 0.717) is 21.7 Å². The van der Waals surface area contributed by atoms with Crippen molar-refractivity contribution in [1.29, 1.82) is 0 Å². The number of hydrogen-bond acceptors (Lipinski definition) is 1. The molecule has 0 bridgehead atoms. The molecule has 0 aliphatic carbocycles. The van der Waals surface area contributed by atoms with Crippen molar-refractivity contribution in [2.75, 3.05) is 6.54 Å². The van der Waals surface area contributed by atoms with Crippen molar-refractivity contribution in [2.45, 2.75) is 26.8 Å². The van der Waals surface area contributed by atoms with E-state index in [2.05, 4.69) is 42.7 Å². The van der Waals surface area contributed by atoms with Gasteiger partial charge >= 0.3 is 0 Å². The summed E-state index contributed by atoms with van der Waals surface area (Å²) in [6.07, 6.45) is 0.945. The fraction of sp³-hybridized carbons (Fsp3) is 0.278. The van der Waals surface area contributed by atoms with Crippen LogP contribution in [-0.4, -0.2) is 11.7 Å². The molecule has 0 heterocycles. The zero-order valence-corrected chi connectivity index (χ0v) is 15.6. The van der Waals surface area contributed by atoms with Crippen molar-refractivity contribution in [3.63, 3.8) is 0 Å². The van der Waals surface area contributed by atoms with Gasteiger partial charge in [-0.25, -0.2) is 0 Å². The molecule has 0 saturated heterocycles. The van der Waals surface area contributed by atoms with Crippen LogP contribution in [0.25, 0.3) is 0 Å². The van der Waals surface area contributed by atoms with Gasteiger partial charge < -0.3 is 10.6 Å². The number of hydrogen-bond donors (Lipinski definition) is 2. The van der Waals surface area contributed by atoms with Gasteiger partial charge in [-0.15, -0.1) is 0 Å². The molecular weight excluding hydrogens is 347 g/mol. The first-order valence-corrected chi connectivity index (χ1v) is 8.64. The lowest BCUT2D eigenvalue weighted by atomic mass is 10.0. The van der Waals surface area contributed by atoms with Crippen LogP contribution < -0.4 is 10.6 Å². The highest BCUT2D eigenvalue weighted by atomic mass is 35.5. The molecule has 122 valence electrons. The standard InChI is InChI=1S/C18H20Cl2N2S/c1-12-3-5-15(13(2)9-12)7-8-21-18(23)22-11-14-4-6-16(19)17(20)10-14/h3-6,9-10H,7-8,11H2,1-2H3,(H2,21,22,23). The van der Waals surface area contributed by atoms with Crippen LogP contribution in [0.4, 0.5) is 0 Å². The predicted molar refractivity (Wildman–Crippen MR) is 104 cm³/mol. The van der Waals surface area contributed by atoms with Gasteiger partial charge in [0.15, 0.2) is 5.11 Å². The predicted octanol–water partition coefficient (Wildman–Crippen LogP) is 4.82. The van der Waals surface area contributed by atoms with Crippen molar-refractivity contribution in [3.8, 4) is 0 Å². The van der Waals surface area contributed by atoms with Gasteiger partial charge in [-0.1, -0.05) is 53.0 Å². The van der Waals surface area contributed by atoms with Gasteiger partial charge in [0, 0.05) is 13.1 Å². The fourth-order valence-corrected chi connectivity index (χ4v) is 2.83. The molecule has 0 spiro atoms. The summed E-state index contributed by atoms with van der Waals surface area (Å²) in [4.78, 5) is 0. The van der Waals surface area contributed by atoms with E-state index in [0.717, 1.165) is 18.5 Å². The molecule has 0 fully saturated rings. The molecule has 0 radical (unpaired) electrons. The zero-order valence-electron chi connectivity index (χ0n) is 13.2. The molecule has 0 aromatic heterocycles. The molecule has 2 N–H and O–H groups in total. The first kappa shape index (κ1) is 18.1. The van der Waals surface area contributed by atoms with Gasteiger partial charge in [-0.2, -0.15) is 0 Å². The van der Waals surface area contributed by atoms with E-state index in [-0.39, 0.29) is 0 Å². The van der Waals surface area contributed by atoms with Gasteiger partial charge in [0.25, 0.3) is 0 Å². The minimum atomic E-state index is 0.555. The second-order valence-corrected chi connectivity index (χ2v) is 6.76. The third-order valence-corrected chi connectivity index (χ3v) is 4.64. The summed E-state index contributed by atoms with van der Waals surface area (Å²) in [5.41, 5.74) is 4.99. The SMILES string of the molecule is Cc1ccc(CCNC(=S)NCc2ccc(Cl)c(Cl)c2)c(C)c1. The Bertz CT molecular complexity index is 701. The summed E-state index contributed by atoms with van der Waals surface area (Å²) in [6, 6.07) is 12.1. The molecule has 5 heteroatoms. The average molecular weight is 367 g/mol. The van der Waals surface area contributed by atoms with E-state index in [1.165, 1.54) is 16.7 Å². The Morgan fingerprint density at radius 2 is 1.78 bits per heavy atom. The Morgan fingerprint density at radius 1 is 1.00 bits per heavy atom. The first-order chi connectivity index (χ1) is 11.0. The Labute approximate surface area is 153 Å². The lowest BCUT2D eigenvalue weighted by molar-refractivity contribution is 0.812. The highest BCUT2D eigenvalue weighted by Crippen LogP contribution is 2.22. The molecule has 0 amide bonds. The lowest BCUT2D eigenvalue weighted by Gasteiger charge is -2.12. The number of aryl methyl sites for hydroxylation is 2. The Balaban J connectivity index is 1.75. The van der Waals surface area contributed by atoms with E-state index >= 15 is 0 Å². The van der Waals surface area contributed by atoms with Crippen molar-refractivity contribution in [3.05, 3.63) is 68.7 Å². The Hall–Kier alpha value is -1.29. The van der Waals surface area contributed by atoms with E-state index in [9.17, 15) is 0 Å². The number of rotatable bonds is 5. The van der Waals surface area contributed by atoms with Crippen LogP contribution in [0.5, 0.6) is 0 Å². The van der Waals surface area contributed by atoms with Crippen LogP contribution in [0.15, 0.2) is 36.4 Å². The molecule has 23 heavy (non-hydrogen) atoms. The summed E-state index contributed by atoms with van der Waals surface area (Å²) in [7, 11) is 0.